The van der Waals surface area contributed by atoms with E-state index in [1.165, 1.54) is 26.1 Å². The van der Waals surface area contributed by atoms with E-state index in [2.05, 4.69) is 15.3 Å². The fourth-order valence-electron chi connectivity index (χ4n) is 3.60. The summed E-state index contributed by atoms with van der Waals surface area (Å²) in [6.45, 7) is 5.18. The van der Waals surface area contributed by atoms with E-state index in [0.29, 0.717) is 10.0 Å². The standard InChI is InChI=1S/C25H24Cl2F3N3O2/c1-15(16-4-6-18(26)7-5-16)21(17-10-19(27)13-31-12-17)14-33-23(34)24(2,3)35-20-8-9-32-22(11-20)25(28,29)30/h4-13,15,21H,14H2,1-3H3,(H,33,34). The van der Waals surface area contributed by atoms with Crippen molar-refractivity contribution in [3.63, 3.8) is 0 Å². The van der Waals surface area contributed by atoms with E-state index in [4.69, 9.17) is 27.9 Å². The van der Waals surface area contributed by atoms with Gasteiger partial charge >= 0.3 is 6.18 Å². The lowest BCUT2D eigenvalue weighted by atomic mass is 9.83. The Morgan fingerprint density at radius 3 is 2.34 bits per heavy atom. The van der Waals surface area contributed by atoms with Gasteiger partial charge < -0.3 is 10.1 Å². The van der Waals surface area contributed by atoms with Gasteiger partial charge in [-0.2, -0.15) is 13.2 Å². The highest BCUT2D eigenvalue weighted by Crippen LogP contribution is 2.34. The number of carbonyl (C=O) groups excluding carboxylic acids is 1. The summed E-state index contributed by atoms with van der Waals surface area (Å²) in [4.78, 5) is 20.5. The lowest BCUT2D eigenvalue weighted by Gasteiger charge is -2.29. The predicted octanol–water partition coefficient (Wildman–Crippen LogP) is 6.66. The van der Waals surface area contributed by atoms with Crippen LogP contribution in [-0.2, 0) is 11.0 Å². The zero-order chi connectivity index (χ0) is 25.8. The van der Waals surface area contributed by atoms with Crippen LogP contribution in [0.3, 0.4) is 0 Å². The number of benzene rings is 1. The molecule has 186 valence electrons. The summed E-state index contributed by atoms with van der Waals surface area (Å²) >= 11 is 12.2. The summed E-state index contributed by atoms with van der Waals surface area (Å²) in [6.07, 6.45) is -0.426. The first-order chi connectivity index (χ1) is 16.4. The largest absolute Gasteiger partial charge is 0.478 e. The van der Waals surface area contributed by atoms with Crippen molar-refractivity contribution in [1.29, 1.82) is 0 Å². The van der Waals surface area contributed by atoms with Crippen LogP contribution in [0, 0.1) is 0 Å². The first-order valence-corrected chi connectivity index (χ1v) is 11.5. The molecule has 5 nitrogen and oxygen atoms in total. The Kier molecular flexibility index (Phi) is 8.28. The van der Waals surface area contributed by atoms with Crippen LogP contribution in [0.15, 0.2) is 61.1 Å². The molecule has 0 saturated heterocycles. The van der Waals surface area contributed by atoms with Crippen molar-refractivity contribution in [2.45, 2.75) is 44.4 Å². The molecule has 1 amide bonds. The summed E-state index contributed by atoms with van der Waals surface area (Å²) in [5.74, 6) is -0.866. The number of halogens is 5. The average Bonchev–Trinajstić information content (AvgIpc) is 2.79. The summed E-state index contributed by atoms with van der Waals surface area (Å²) in [7, 11) is 0. The molecule has 2 unspecified atom stereocenters. The first kappa shape index (κ1) is 26.8. The maximum Gasteiger partial charge on any atom is 0.433 e. The van der Waals surface area contributed by atoms with Crippen molar-refractivity contribution >= 4 is 29.1 Å². The highest BCUT2D eigenvalue weighted by Gasteiger charge is 2.35. The molecule has 3 aromatic rings. The number of nitrogens with one attached hydrogen (secondary N) is 1. The molecule has 0 radical (unpaired) electrons. The van der Waals surface area contributed by atoms with Crippen molar-refractivity contribution in [1.82, 2.24) is 15.3 Å². The van der Waals surface area contributed by atoms with Gasteiger partial charge in [0.05, 0.1) is 5.02 Å². The average molecular weight is 526 g/mol. The van der Waals surface area contributed by atoms with E-state index in [-0.39, 0.29) is 24.1 Å². The van der Waals surface area contributed by atoms with Gasteiger partial charge in [-0.05, 0) is 55.2 Å². The molecule has 1 aromatic carbocycles. The molecule has 2 aromatic heterocycles. The van der Waals surface area contributed by atoms with E-state index in [9.17, 15) is 18.0 Å². The number of carbonyl (C=O) groups is 1. The van der Waals surface area contributed by atoms with Crippen LogP contribution in [0.1, 0.15) is 49.4 Å². The third-order valence-corrected chi connectivity index (χ3v) is 6.04. The first-order valence-electron chi connectivity index (χ1n) is 10.7. The quantitative estimate of drug-likeness (QED) is 0.357. The minimum absolute atomic E-state index is 0.0496. The van der Waals surface area contributed by atoms with E-state index < -0.39 is 23.4 Å². The molecule has 35 heavy (non-hydrogen) atoms. The van der Waals surface area contributed by atoms with Crippen molar-refractivity contribution in [3.8, 4) is 5.75 Å². The van der Waals surface area contributed by atoms with Crippen LogP contribution in [0.5, 0.6) is 5.75 Å². The zero-order valence-electron chi connectivity index (χ0n) is 19.2. The summed E-state index contributed by atoms with van der Waals surface area (Å²) < 4.78 is 44.5. The molecule has 0 aliphatic heterocycles. The number of alkyl halides is 3. The van der Waals surface area contributed by atoms with Crippen LogP contribution in [0.4, 0.5) is 13.2 Å². The molecule has 0 fully saturated rings. The van der Waals surface area contributed by atoms with E-state index >= 15 is 0 Å². The molecule has 2 atom stereocenters. The Morgan fingerprint density at radius 1 is 1.03 bits per heavy atom. The van der Waals surface area contributed by atoms with Gasteiger partial charge in [-0.25, -0.2) is 0 Å². The monoisotopic (exact) mass is 525 g/mol. The second-order valence-electron chi connectivity index (χ2n) is 8.58. The van der Waals surface area contributed by atoms with Crippen molar-refractivity contribution < 1.29 is 22.7 Å². The van der Waals surface area contributed by atoms with Crippen LogP contribution in [-0.4, -0.2) is 28.0 Å². The second kappa shape index (κ2) is 10.8. The summed E-state index contributed by atoms with van der Waals surface area (Å²) in [6, 6.07) is 11.2. The van der Waals surface area contributed by atoms with Gasteiger partial charge in [-0.1, -0.05) is 42.3 Å². The minimum Gasteiger partial charge on any atom is -0.478 e. The lowest BCUT2D eigenvalue weighted by Crippen LogP contribution is -2.48. The van der Waals surface area contributed by atoms with E-state index in [1.807, 2.05) is 19.1 Å². The minimum atomic E-state index is -4.62. The third-order valence-electron chi connectivity index (χ3n) is 5.58. The SMILES string of the molecule is CC(c1ccc(Cl)cc1)C(CNC(=O)C(C)(C)Oc1ccnc(C(F)(F)F)c1)c1cncc(Cl)c1. The third kappa shape index (κ3) is 7.08. The number of ether oxygens (including phenoxy) is 1. The lowest BCUT2D eigenvalue weighted by molar-refractivity contribution is -0.141. The fourth-order valence-corrected chi connectivity index (χ4v) is 3.91. The molecular formula is C25H24Cl2F3N3O2. The molecular weight excluding hydrogens is 502 g/mol. The molecule has 0 aliphatic carbocycles. The van der Waals surface area contributed by atoms with Crippen LogP contribution in [0.25, 0.3) is 0 Å². The van der Waals surface area contributed by atoms with Gasteiger partial charge in [0.25, 0.3) is 5.91 Å². The van der Waals surface area contributed by atoms with Crippen LogP contribution >= 0.6 is 23.2 Å². The Bertz CT molecular complexity index is 1170. The molecule has 0 bridgehead atoms. The predicted molar refractivity (Wildman–Crippen MR) is 129 cm³/mol. The van der Waals surface area contributed by atoms with Crippen molar-refractivity contribution in [2.75, 3.05) is 6.54 Å². The Balaban J connectivity index is 1.78. The maximum atomic E-state index is 13.0. The van der Waals surface area contributed by atoms with Crippen LogP contribution in [0.2, 0.25) is 10.0 Å². The number of hydrogen-bond acceptors (Lipinski definition) is 4. The molecule has 0 aliphatic rings. The number of aromatic nitrogens is 2. The highest BCUT2D eigenvalue weighted by atomic mass is 35.5. The molecule has 10 heteroatoms. The molecule has 0 saturated carbocycles. The van der Waals surface area contributed by atoms with E-state index in [0.717, 1.165) is 23.4 Å². The zero-order valence-corrected chi connectivity index (χ0v) is 20.7. The van der Waals surface area contributed by atoms with Crippen molar-refractivity contribution in [3.05, 3.63) is 87.9 Å². The van der Waals surface area contributed by atoms with Crippen molar-refractivity contribution in [2.24, 2.45) is 0 Å². The van der Waals surface area contributed by atoms with Gasteiger partial charge in [0.15, 0.2) is 5.60 Å². The molecule has 2 heterocycles. The Hall–Kier alpha value is -2.84. The highest BCUT2D eigenvalue weighted by molar-refractivity contribution is 6.30. The molecule has 3 rings (SSSR count). The fraction of sp³-hybridized carbons (Fsp3) is 0.320. The van der Waals surface area contributed by atoms with Gasteiger partial charge in [0.1, 0.15) is 11.4 Å². The molecule has 1 N–H and O–H groups in total. The maximum absolute atomic E-state index is 13.0. The Morgan fingerprint density at radius 2 is 1.71 bits per heavy atom. The number of hydrogen-bond donors (Lipinski definition) is 1. The normalized spacial score (nSPS) is 13.7. The molecule has 0 spiro atoms. The van der Waals surface area contributed by atoms with Crippen LogP contribution < -0.4 is 10.1 Å². The number of rotatable bonds is 8. The Labute approximate surface area is 211 Å². The topological polar surface area (TPSA) is 64.1 Å². The van der Waals surface area contributed by atoms with Gasteiger partial charge in [-0.15, -0.1) is 0 Å². The second-order valence-corrected chi connectivity index (χ2v) is 9.45. The number of nitrogens with zero attached hydrogens (tertiary/aromatic N) is 2. The van der Waals surface area contributed by atoms with Gasteiger partial charge in [0, 0.05) is 42.1 Å². The number of amides is 1. The van der Waals surface area contributed by atoms with Gasteiger partial charge in [0.2, 0.25) is 0 Å². The summed E-state index contributed by atoms with van der Waals surface area (Å²) in [5.41, 5.74) is -0.731. The summed E-state index contributed by atoms with van der Waals surface area (Å²) in [5, 5.41) is 3.94. The van der Waals surface area contributed by atoms with E-state index in [1.54, 1.807) is 24.4 Å². The smallest absolute Gasteiger partial charge is 0.433 e. The number of pyridine rings is 2. The van der Waals surface area contributed by atoms with Gasteiger partial charge in [-0.3, -0.25) is 14.8 Å².